The Hall–Kier alpha value is -2.27. The number of benzene rings is 1. The lowest BCUT2D eigenvalue weighted by atomic mass is 10.2. The lowest BCUT2D eigenvalue weighted by Crippen LogP contribution is -2.18. The molecule has 0 fully saturated rings. The lowest BCUT2D eigenvalue weighted by Gasteiger charge is -2.03. The van der Waals surface area contributed by atoms with Crippen molar-refractivity contribution >= 4 is 23.7 Å². The summed E-state index contributed by atoms with van der Waals surface area (Å²) in [7, 11) is 1.87. The quantitative estimate of drug-likeness (QED) is 0.667. The molecule has 98 valence electrons. The smallest absolute Gasteiger partial charge is 0.275 e. The van der Waals surface area contributed by atoms with Gasteiger partial charge >= 0.3 is 0 Å². The van der Waals surface area contributed by atoms with Gasteiger partial charge in [-0.15, -0.1) is 0 Å². The Balaban J connectivity index is 2.08. The van der Waals surface area contributed by atoms with Crippen LogP contribution in [-0.4, -0.2) is 21.8 Å². The number of carbonyl (C=O) groups is 1. The molecule has 2 rings (SSSR count). The van der Waals surface area contributed by atoms with Crippen molar-refractivity contribution in [3.05, 3.63) is 52.8 Å². The number of halogens is 1. The van der Waals surface area contributed by atoms with Gasteiger partial charge in [-0.25, -0.2) is 5.43 Å². The largest absolute Gasteiger partial charge is 0.507 e. The van der Waals surface area contributed by atoms with Crippen LogP contribution in [0.4, 0.5) is 0 Å². The van der Waals surface area contributed by atoms with E-state index in [0.29, 0.717) is 5.02 Å². The first-order chi connectivity index (χ1) is 9.08. The van der Waals surface area contributed by atoms with Crippen LogP contribution in [0, 0.1) is 0 Å². The van der Waals surface area contributed by atoms with Crippen molar-refractivity contribution in [1.29, 1.82) is 0 Å². The fourth-order valence-corrected chi connectivity index (χ4v) is 1.69. The second-order valence-corrected chi connectivity index (χ2v) is 4.34. The Morgan fingerprint density at radius 2 is 2.26 bits per heavy atom. The first kappa shape index (κ1) is 13.2. The Labute approximate surface area is 115 Å². The van der Waals surface area contributed by atoms with Crippen molar-refractivity contribution in [2.45, 2.75) is 0 Å². The monoisotopic (exact) mass is 277 g/mol. The summed E-state index contributed by atoms with van der Waals surface area (Å²) in [6.07, 6.45) is 3.38. The molecule has 5 nitrogen and oxygen atoms in total. The van der Waals surface area contributed by atoms with Crippen LogP contribution in [0.25, 0.3) is 0 Å². The van der Waals surface area contributed by atoms with Gasteiger partial charge in [0.15, 0.2) is 0 Å². The number of phenols is 1. The van der Waals surface area contributed by atoms with Crippen molar-refractivity contribution in [3.63, 3.8) is 0 Å². The van der Waals surface area contributed by atoms with Gasteiger partial charge in [0.05, 0.1) is 17.5 Å². The standard InChI is InChI=1S/C13H12ClN3O2/c1-17-6-2-3-10(17)8-15-16-13(19)11-7-9(14)4-5-12(11)18/h2-8,18H,1H3,(H,16,19)/b15-8-. The van der Waals surface area contributed by atoms with E-state index in [9.17, 15) is 9.90 Å². The van der Waals surface area contributed by atoms with Crippen LogP contribution in [0.1, 0.15) is 16.1 Å². The van der Waals surface area contributed by atoms with Gasteiger partial charge in [0.2, 0.25) is 0 Å². The zero-order chi connectivity index (χ0) is 13.8. The van der Waals surface area contributed by atoms with Crippen molar-refractivity contribution in [3.8, 4) is 5.75 Å². The molecule has 0 radical (unpaired) electrons. The maximum Gasteiger partial charge on any atom is 0.275 e. The molecule has 1 aromatic heterocycles. The van der Waals surface area contributed by atoms with Crippen LogP contribution >= 0.6 is 11.6 Å². The van der Waals surface area contributed by atoms with E-state index in [0.717, 1.165) is 5.69 Å². The fourth-order valence-electron chi connectivity index (χ4n) is 1.52. The minimum absolute atomic E-state index is 0.0801. The van der Waals surface area contributed by atoms with Crippen LogP contribution in [-0.2, 0) is 7.05 Å². The van der Waals surface area contributed by atoms with Crippen LogP contribution in [0.2, 0.25) is 5.02 Å². The van der Waals surface area contributed by atoms with Crippen molar-refractivity contribution < 1.29 is 9.90 Å². The predicted octanol–water partition coefficient (Wildman–Crippen LogP) is 2.15. The first-order valence-corrected chi connectivity index (χ1v) is 5.89. The molecule has 0 aliphatic rings. The molecule has 0 atom stereocenters. The lowest BCUT2D eigenvalue weighted by molar-refractivity contribution is 0.0952. The molecule has 0 saturated heterocycles. The molecule has 1 aromatic carbocycles. The Morgan fingerprint density at radius 3 is 2.95 bits per heavy atom. The average Bonchev–Trinajstić information content (AvgIpc) is 2.78. The van der Waals surface area contributed by atoms with Gasteiger partial charge in [-0.1, -0.05) is 11.6 Å². The third-order valence-corrected chi connectivity index (χ3v) is 2.79. The third-order valence-electron chi connectivity index (χ3n) is 2.55. The molecule has 0 aliphatic heterocycles. The van der Waals surface area contributed by atoms with E-state index in [1.807, 2.05) is 29.9 Å². The number of hydrogen-bond acceptors (Lipinski definition) is 3. The average molecular weight is 278 g/mol. The van der Waals surface area contributed by atoms with Crippen molar-refractivity contribution in [2.75, 3.05) is 0 Å². The summed E-state index contributed by atoms with van der Waals surface area (Å²) in [5.41, 5.74) is 3.25. The summed E-state index contributed by atoms with van der Waals surface area (Å²) in [5.74, 6) is -0.665. The number of hydrogen-bond donors (Lipinski definition) is 2. The molecule has 19 heavy (non-hydrogen) atoms. The van der Waals surface area contributed by atoms with Gasteiger partial charge < -0.3 is 9.67 Å². The number of hydrazone groups is 1. The van der Waals surface area contributed by atoms with Gasteiger partial charge in [-0.05, 0) is 30.3 Å². The van der Waals surface area contributed by atoms with Crippen molar-refractivity contribution in [1.82, 2.24) is 9.99 Å². The summed E-state index contributed by atoms with van der Waals surface area (Å²) in [6.45, 7) is 0. The van der Waals surface area contributed by atoms with Crippen LogP contribution in [0.15, 0.2) is 41.6 Å². The Kier molecular flexibility index (Phi) is 3.87. The second kappa shape index (κ2) is 5.58. The number of carbonyl (C=O) groups excluding carboxylic acids is 1. The minimum atomic E-state index is -0.523. The maximum atomic E-state index is 11.8. The van der Waals surface area contributed by atoms with Crippen LogP contribution in [0.3, 0.4) is 0 Å². The molecule has 2 N–H and O–H groups in total. The molecule has 0 spiro atoms. The normalized spacial score (nSPS) is 10.8. The van der Waals surface area contributed by atoms with E-state index < -0.39 is 5.91 Å². The Morgan fingerprint density at radius 1 is 1.47 bits per heavy atom. The van der Waals surface area contributed by atoms with Crippen molar-refractivity contribution in [2.24, 2.45) is 12.1 Å². The zero-order valence-corrected chi connectivity index (χ0v) is 10.9. The van der Waals surface area contributed by atoms with E-state index in [2.05, 4.69) is 10.5 Å². The number of amides is 1. The topological polar surface area (TPSA) is 66.6 Å². The van der Waals surface area contributed by atoms with E-state index >= 15 is 0 Å². The minimum Gasteiger partial charge on any atom is -0.507 e. The van der Waals surface area contributed by atoms with Gasteiger partial charge in [0.25, 0.3) is 5.91 Å². The highest BCUT2D eigenvalue weighted by atomic mass is 35.5. The molecular formula is C13H12ClN3O2. The first-order valence-electron chi connectivity index (χ1n) is 5.51. The SMILES string of the molecule is Cn1cccc1/C=N\NC(=O)c1cc(Cl)ccc1O. The molecular weight excluding hydrogens is 266 g/mol. The summed E-state index contributed by atoms with van der Waals surface area (Å²) in [4.78, 5) is 11.8. The molecule has 6 heteroatoms. The molecule has 0 aliphatic carbocycles. The Bertz CT molecular complexity index is 635. The zero-order valence-electron chi connectivity index (χ0n) is 10.2. The van der Waals surface area contributed by atoms with E-state index in [1.165, 1.54) is 24.4 Å². The van der Waals surface area contributed by atoms with E-state index in [4.69, 9.17) is 11.6 Å². The number of nitrogens with one attached hydrogen (secondary N) is 1. The number of phenolic OH excluding ortho intramolecular Hbond substituents is 1. The summed E-state index contributed by atoms with van der Waals surface area (Å²) in [5, 5.41) is 13.7. The number of aromatic hydroxyl groups is 1. The summed E-state index contributed by atoms with van der Waals surface area (Å²) in [6, 6.07) is 7.96. The molecule has 0 unspecified atom stereocenters. The van der Waals surface area contributed by atoms with Gasteiger partial charge in [-0.3, -0.25) is 4.79 Å². The highest BCUT2D eigenvalue weighted by Crippen LogP contribution is 2.21. The maximum absolute atomic E-state index is 11.8. The second-order valence-electron chi connectivity index (χ2n) is 3.90. The number of nitrogens with zero attached hydrogens (tertiary/aromatic N) is 2. The van der Waals surface area contributed by atoms with Crippen LogP contribution < -0.4 is 5.43 Å². The molecule has 1 amide bonds. The molecule has 2 aromatic rings. The fraction of sp³-hybridized carbons (Fsp3) is 0.0769. The van der Waals surface area contributed by atoms with Gasteiger partial charge in [0, 0.05) is 18.3 Å². The summed E-state index contributed by atoms with van der Waals surface area (Å²) < 4.78 is 1.85. The summed E-state index contributed by atoms with van der Waals surface area (Å²) >= 11 is 5.76. The number of aryl methyl sites for hydroxylation is 1. The number of rotatable bonds is 3. The molecule has 0 saturated carbocycles. The predicted molar refractivity (Wildman–Crippen MR) is 73.6 cm³/mol. The highest BCUT2D eigenvalue weighted by Gasteiger charge is 2.10. The van der Waals surface area contributed by atoms with E-state index in [1.54, 1.807) is 0 Å². The molecule has 0 bridgehead atoms. The highest BCUT2D eigenvalue weighted by molar-refractivity contribution is 6.31. The van der Waals surface area contributed by atoms with Crippen LogP contribution in [0.5, 0.6) is 5.75 Å². The third kappa shape index (κ3) is 3.14. The number of aromatic nitrogens is 1. The van der Waals surface area contributed by atoms with Gasteiger partial charge in [-0.2, -0.15) is 5.10 Å². The van der Waals surface area contributed by atoms with Gasteiger partial charge in [0.1, 0.15) is 5.75 Å². The molecule has 1 heterocycles. The van der Waals surface area contributed by atoms with E-state index in [-0.39, 0.29) is 11.3 Å².